The van der Waals surface area contributed by atoms with E-state index in [4.69, 9.17) is 16.3 Å². The Morgan fingerprint density at radius 2 is 1.83 bits per heavy atom. The third-order valence-corrected chi connectivity index (χ3v) is 6.44. The summed E-state index contributed by atoms with van der Waals surface area (Å²) in [5.74, 6) is -0.590. The van der Waals surface area contributed by atoms with Gasteiger partial charge in [0, 0.05) is 29.1 Å². The second-order valence-electron chi connectivity index (χ2n) is 7.98. The number of rotatable bonds is 8. The molecule has 0 radical (unpaired) electrons. The number of hydrogen-bond donors (Lipinski definition) is 4. The van der Waals surface area contributed by atoms with Crippen LogP contribution in [-0.2, 0) is 28.2 Å². The van der Waals surface area contributed by atoms with Crippen molar-refractivity contribution in [3.05, 3.63) is 87.7 Å². The predicted molar refractivity (Wildman–Crippen MR) is 140 cm³/mol. The van der Waals surface area contributed by atoms with Crippen LogP contribution in [0.1, 0.15) is 37.7 Å². The van der Waals surface area contributed by atoms with E-state index in [1.165, 1.54) is 13.2 Å². The van der Waals surface area contributed by atoms with Crippen molar-refractivity contribution in [3.63, 3.8) is 0 Å². The van der Waals surface area contributed by atoms with Crippen molar-refractivity contribution in [2.75, 3.05) is 17.7 Å². The number of carbonyl (C=O) groups excluding carboxylic acids is 2. The summed E-state index contributed by atoms with van der Waals surface area (Å²) in [5.41, 5.74) is 3.45. The number of carbonyl (C=O) groups is 2. The normalized spacial score (nSPS) is 11.9. The summed E-state index contributed by atoms with van der Waals surface area (Å²) in [5, 5.41) is 6.16. The molecule has 2 amide bonds. The molecule has 1 unspecified atom stereocenters. The molecule has 0 bridgehead atoms. The monoisotopic (exact) mass is 526 g/mol. The number of benzene rings is 3. The van der Waals surface area contributed by atoms with Crippen LogP contribution in [0.25, 0.3) is 11.0 Å². The van der Waals surface area contributed by atoms with E-state index in [1.54, 1.807) is 55.5 Å². The van der Waals surface area contributed by atoms with Gasteiger partial charge in [0.05, 0.1) is 16.8 Å². The first kappa shape index (κ1) is 25.5. The van der Waals surface area contributed by atoms with Gasteiger partial charge in [0.15, 0.2) is 11.1 Å². The number of hydrogen-bond acceptors (Lipinski definition) is 5. The molecule has 186 valence electrons. The third-order valence-electron chi connectivity index (χ3n) is 5.48. The van der Waals surface area contributed by atoms with Crippen molar-refractivity contribution in [3.8, 4) is 0 Å². The van der Waals surface area contributed by atoms with Gasteiger partial charge in [0.2, 0.25) is 0 Å². The van der Waals surface area contributed by atoms with Gasteiger partial charge < -0.3 is 24.9 Å². The molecule has 9 nitrogen and oxygen atoms in total. The molecule has 0 aliphatic rings. The lowest BCUT2D eigenvalue weighted by Crippen LogP contribution is -2.17. The highest BCUT2D eigenvalue weighted by molar-refractivity contribution is 7.78. The minimum absolute atomic E-state index is 0.184. The SMILES string of the molecule is COCc1nc2c(C(=O)Nc3cccc(Cl)c3C)cc(NC(=O)c3ccccc3CS(=O)O)cc2[nH]1. The van der Waals surface area contributed by atoms with Crippen LogP contribution in [-0.4, -0.2) is 37.7 Å². The maximum Gasteiger partial charge on any atom is 0.258 e. The summed E-state index contributed by atoms with van der Waals surface area (Å²) >= 11 is 4.09. The molecule has 1 atom stereocenters. The molecule has 4 N–H and O–H groups in total. The standard InChI is InChI=1S/C25H23ClN4O5S/c1-14-19(26)8-5-9-20(14)29-25(32)18-10-16(11-21-23(18)30-22(28-21)12-35-2)27-24(31)17-7-4-3-6-15(17)13-36(33)34/h3-11H,12-13H2,1-2H3,(H,27,31)(H,28,30)(H,29,32)(H,33,34). The van der Waals surface area contributed by atoms with Crippen molar-refractivity contribution in [1.82, 2.24) is 9.97 Å². The first-order valence-corrected chi connectivity index (χ1v) is 12.5. The van der Waals surface area contributed by atoms with E-state index in [9.17, 15) is 18.4 Å². The Labute approximate surface area is 214 Å². The molecule has 0 fully saturated rings. The number of amides is 2. The number of fused-ring (bicyclic) bond motifs is 1. The molecular weight excluding hydrogens is 504 g/mol. The average molecular weight is 527 g/mol. The molecule has 3 aromatic carbocycles. The van der Waals surface area contributed by atoms with Gasteiger partial charge in [-0.05, 0) is 48.4 Å². The van der Waals surface area contributed by atoms with E-state index in [-0.39, 0.29) is 23.5 Å². The molecule has 0 saturated heterocycles. The van der Waals surface area contributed by atoms with Gasteiger partial charge in [-0.1, -0.05) is 35.9 Å². The molecule has 1 heterocycles. The lowest BCUT2D eigenvalue weighted by atomic mass is 10.1. The number of nitrogens with one attached hydrogen (secondary N) is 3. The predicted octanol–water partition coefficient (Wildman–Crippen LogP) is 4.90. The topological polar surface area (TPSA) is 133 Å². The number of aromatic amines is 1. The van der Waals surface area contributed by atoms with E-state index in [0.29, 0.717) is 44.4 Å². The van der Waals surface area contributed by atoms with Crippen LogP contribution >= 0.6 is 11.6 Å². The number of imidazole rings is 1. The molecular formula is C25H23ClN4O5S. The Hall–Kier alpha value is -3.57. The van der Waals surface area contributed by atoms with Crippen molar-refractivity contribution in [2.24, 2.45) is 0 Å². The lowest BCUT2D eigenvalue weighted by Gasteiger charge is -2.12. The zero-order valence-corrected chi connectivity index (χ0v) is 21.0. The minimum atomic E-state index is -2.11. The summed E-state index contributed by atoms with van der Waals surface area (Å²) in [6, 6.07) is 14.9. The van der Waals surface area contributed by atoms with Crippen LogP contribution < -0.4 is 10.6 Å². The van der Waals surface area contributed by atoms with E-state index in [1.807, 2.05) is 0 Å². The van der Waals surface area contributed by atoms with E-state index in [0.717, 1.165) is 0 Å². The van der Waals surface area contributed by atoms with Crippen LogP contribution in [0.2, 0.25) is 5.02 Å². The maximum absolute atomic E-state index is 13.3. The fraction of sp³-hybridized carbons (Fsp3) is 0.160. The van der Waals surface area contributed by atoms with Crippen molar-refractivity contribution < 1.29 is 23.1 Å². The first-order valence-electron chi connectivity index (χ1n) is 10.8. The van der Waals surface area contributed by atoms with Gasteiger partial charge >= 0.3 is 0 Å². The first-order chi connectivity index (χ1) is 17.3. The highest BCUT2D eigenvalue weighted by atomic mass is 35.5. The van der Waals surface area contributed by atoms with Crippen molar-refractivity contribution in [1.29, 1.82) is 0 Å². The Balaban J connectivity index is 1.72. The summed E-state index contributed by atoms with van der Waals surface area (Å²) in [7, 11) is 1.53. The number of anilines is 2. The minimum Gasteiger partial charge on any atom is -0.377 e. The summed E-state index contributed by atoms with van der Waals surface area (Å²) < 4.78 is 25.8. The van der Waals surface area contributed by atoms with Gasteiger partial charge in [0.1, 0.15) is 17.9 Å². The fourth-order valence-corrected chi connectivity index (χ4v) is 4.44. The summed E-state index contributed by atoms with van der Waals surface area (Å²) in [6.07, 6.45) is 0. The molecule has 11 heteroatoms. The van der Waals surface area contributed by atoms with E-state index >= 15 is 0 Å². The lowest BCUT2D eigenvalue weighted by molar-refractivity contribution is 0.101. The van der Waals surface area contributed by atoms with Gasteiger partial charge in [-0.3, -0.25) is 9.59 Å². The van der Waals surface area contributed by atoms with Crippen molar-refractivity contribution >= 4 is 56.9 Å². The molecule has 4 rings (SSSR count). The quantitative estimate of drug-likeness (QED) is 0.241. The number of aromatic nitrogens is 2. The Bertz CT molecular complexity index is 1490. The van der Waals surface area contributed by atoms with Crippen LogP contribution in [0.3, 0.4) is 0 Å². The molecule has 0 aliphatic carbocycles. The fourth-order valence-electron chi connectivity index (χ4n) is 3.75. The maximum atomic E-state index is 13.3. The zero-order chi connectivity index (χ0) is 25.8. The Morgan fingerprint density at radius 3 is 2.58 bits per heavy atom. The van der Waals surface area contributed by atoms with E-state index in [2.05, 4.69) is 20.6 Å². The highest BCUT2D eigenvalue weighted by Crippen LogP contribution is 2.27. The smallest absolute Gasteiger partial charge is 0.258 e. The average Bonchev–Trinajstić information content (AvgIpc) is 3.24. The summed E-state index contributed by atoms with van der Waals surface area (Å²) in [4.78, 5) is 34.0. The van der Waals surface area contributed by atoms with Crippen LogP contribution in [0.5, 0.6) is 0 Å². The van der Waals surface area contributed by atoms with Gasteiger partial charge in [-0.25, -0.2) is 9.19 Å². The second kappa shape index (κ2) is 11.0. The summed E-state index contributed by atoms with van der Waals surface area (Å²) in [6.45, 7) is 2.00. The molecule has 0 aliphatic heterocycles. The zero-order valence-electron chi connectivity index (χ0n) is 19.4. The van der Waals surface area contributed by atoms with Crippen LogP contribution in [0.4, 0.5) is 11.4 Å². The van der Waals surface area contributed by atoms with Gasteiger partial charge in [-0.15, -0.1) is 0 Å². The van der Waals surface area contributed by atoms with E-state index < -0.39 is 22.9 Å². The molecule has 0 saturated carbocycles. The van der Waals surface area contributed by atoms with Crippen LogP contribution in [0, 0.1) is 6.92 Å². The van der Waals surface area contributed by atoms with Gasteiger partial charge in [0.25, 0.3) is 11.8 Å². The Kier molecular flexibility index (Phi) is 7.80. The number of methoxy groups -OCH3 is 1. The van der Waals surface area contributed by atoms with Gasteiger partial charge in [-0.2, -0.15) is 0 Å². The highest BCUT2D eigenvalue weighted by Gasteiger charge is 2.19. The number of halogens is 1. The number of ether oxygens (including phenoxy) is 1. The molecule has 4 aromatic rings. The molecule has 0 spiro atoms. The van der Waals surface area contributed by atoms with Crippen molar-refractivity contribution in [2.45, 2.75) is 19.3 Å². The second-order valence-corrected chi connectivity index (χ2v) is 9.32. The number of nitrogens with zero attached hydrogens (tertiary/aromatic N) is 1. The Morgan fingerprint density at radius 1 is 1.08 bits per heavy atom. The largest absolute Gasteiger partial charge is 0.377 e. The molecule has 36 heavy (non-hydrogen) atoms. The van der Waals surface area contributed by atoms with Crippen LogP contribution in [0.15, 0.2) is 54.6 Å². The third kappa shape index (κ3) is 5.63. The number of H-pyrrole nitrogens is 1. The molecule has 1 aromatic heterocycles.